The number of aromatic nitrogens is 10. The van der Waals surface area contributed by atoms with E-state index >= 15 is 0 Å². The summed E-state index contributed by atoms with van der Waals surface area (Å²) >= 11 is 0. The van der Waals surface area contributed by atoms with Crippen LogP contribution in [0, 0.1) is 23.3 Å². The summed E-state index contributed by atoms with van der Waals surface area (Å²) in [5, 5.41) is 16.6. The SMILES string of the molecule is C.C.COc1nc(-c2cc(-c3ccon3)n(Cc3ccccc3F)n2)ncc1F.O=c1[nH]c(-c2cc(-c3ccon3)n(Cc3ccccc3F)n2)ncc1F. The van der Waals surface area contributed by atoms with Gasteiger partial charge in [0.05, 0.1) is 44.0 Å². The lowest BCUT2D eigenvalue weighted by atomic mass is 10.2. The lowest BCUT2D eigenvalue weighted by molar-refractivity contribution is 0.367. The van der Waals surface area contributed by atoms with Gasteiger partial charge in [0.25, 0.3) is 11.4 Å². The highest BCUT2D eigenvalue weighted by molar-refractivity contribution is 5.63. The molecule has 0 aliphatic rings. The van der Waals surface area contributed by atoms with Gasteiger partial charge in [-0.15, -0.1) is 0 Å². The number of rotatable bonds is 9. The molecule has 0 unspecified atom stereocenters. The minimum absolute atomic E-state index is 0. The second kappa shape index (κ2) is 17.1. The molecule has 0 atom stereocenters. The van der Waals surface area contributed by atoms with E-state index in [1.165, 1.54) is 36.5 Å². The van der Waals surface area contributed by atoms with E-state index in [9.17, 15) is 22.4 Å². The first-order valence-electron chi connectivity index (χ1n) is 15.5. The summed E-state index contributed by atoms with van der Waals surface area (Å²) in [5.41, 5.74) is 2.73. The van der Waals surface area contributed by atoms with Crippen LogP contribution in [0.5, 0.6) is 5.88 Å². The molecule has 0 bridgehead atoms. The van der Waals surface area contributed by atoms with Gasteiger partial charge in [0, 0.05) is 23.3 Å². The fourth-order valence-electron chi connectivity index (χ4n) is 5.10. The fraction of sp³-hybridized carbons (Fsp3) is 0.135. The Bertz CT molecular complexity index is 2550. The molecule has 55 heavy (non-hydrogen) atoms. The van der Waals surface area contributed by atoms with Crippen molar-refractivity contribution in [1.82, 2.24) is 49.8 Å². The maximum absolute atomic E-state index is 14.1. The fourth-order valence-corrected chi connectivity index (χ4v) is 5.10. The van der Waals surface area contributed by atoms with Gasteiger partial charge in [-0.25, -0.2) is 18.7 Å². The van der Waals surface area contributed by atoms with Crippen LogP contribution in [-0.2, 0) is 13.1 Å². The molecule has 0 aliphatic carbocycles. The van der Waals surface area contributed by atoms with Gasteiger partial charge >= 0.3 is 0 Å². The lowest BCUT2D eigenvalue weighted by Crippen LogP contribution is -2.12. The molecule has 2 aromatic carbocycles. The number of aromatic amines is 1. The Balaban J connectivity index is 0.000000204. The normalized spacial score (nSPS) is 10.6. The van der Waals surface area contributed by atoms with E-state index in [2.05, 4.69) is 40.4 Å². The predicted octanol–water partition coefficient (Wildman–Crippen LogP) is 7.22. The number of hydrogen-bond acceptors (Lipinski definition) is 11. The molecule has 6 aromatic heterocycles. The molecule has 0 amide bonds. The summed E-state index contributed by atoms with van der Waals surface area (Å²) < 4.78 is 72.5. The van der Waals surface area contributed by atoms with E-state index in [0.717, 1.165) is 12.4 Å². The first-order valence-corrected chi connectivity index (χ1v) is 15.5. The maximum Gasteiger partial charge on any atom is 0.287 e. The van der Waals surface area contributed by atoms with E-state index in [1.54, 1.807) is 65.3 Å². The molecule has 0 aliphatic heterocycles. The second-order valence-corrected chi connectivity index (χ2v) is 11.1. The zero-order valence-corrected chi connectivity index (χ0v) is 27.3. The van der Waals surface area contributed by atoms with Gasteiger partial charge in [0.15, 0.2) is 11.6 Å². The molecular weight excluding hydrogens is 724 g/mol. The Morgan fingerprint density at radius 1 is 0.673 bits per heavy atom. The molecule has 8 aromatic rings. The quantitative estimate of drug-likeness (QED) is 0.148. The molecular formula is C37H32F4N10O4. The standard InChI is InChI=1S/C18H13F2N5O2.C17H11F2N5O2.2CH4/c1-26-18-13(20)9-21-17(22-18)15-8-16(14-6-7-27-24-14)25(23-15)10-11-4-2-3-5-12(11)19;18-11-4-2-1-3-10(11)9-24-15(13-5-6-26-23-13)7-14(22-24)16-20-8-12(19)17(25)21-16;;/h2-9H,10H2,1H3;1-8H,9H2,(H,20,21,25);2*1H4. The molecule has 0 saturated heterocycles. The van der Waals surface area contributed by atoms with Crippen molar-refractivity contribution in [3.63, 3.8) is 0 Å². The summed E-state index contributed by atoms with van der Waals surface area (Å²) in [4.78, 5) is 25.6. The molecule has 0 saturated carbocycles. The highest BCUT2D eigenvalue weighted by Crippen LogP contribution is 2.27. The lowest BCUT2D eigenvalue weighted by Gasteiger charge is -2.06. The molecule has 6 heterocycles. The van der Waals surface area contributed by atoms with Gasteiger partial charge in [-0.2, -0.15) is 24.0 Å². The van der Waals surface area contributed by atoms with Crippen LogP contribution in [0.25, 0.3) is 45.8 Å². The van der Waals surface area contributed by atoms with Crippen LogP contribution in [0.1, 0.15) is 26.0 Å². The van der Waals surface area contributed by atoms with Crippen molar-refractivity contribution < 1.29 is 31.3 Å². The Hall–Kier alpha value is -7.24. The topological polar surface area (TPSA) is 168 Å². The van der Waals surface area contributed by atoms with Crippen molar-refractivity contribution >= 4 is 0 Å². The van der Waals surface area contributed by atoms with Crippen molar-refractivity contribution in [1.29, 1.82) is 0 Å². The largest absolute Gasteiger partial charge is 0.479 e. The number of nitrogens with one attached hydrogen (secondary N) is 1. The first kappa shape index (κ1) is 39.0. The molecule has 0 fully saturated rings. The van der Waals surface area contributed by atoms with E-state index in [0.29, 0.717) is 39.6 Å². The van der Waals surface area contributed by atoms with Crippen LogP contribution in [0.4, 0.5) is 17.6 Å². The predicted molar refractivity (Wildman–Crippen MR) is 191 cm³/mol. The summed E-state index contributed by atoms with van der Waals surface area (Å²) in [6.45, 7) is 0.285. The number of methoxy groups -OCH3 is 1. The average Bonchev–Trinajstić information content (AvgIpc) is 4.00. The molecule has 0 radical (unpaired) electrons. The van der Waals surface area contributed by atoms with Gasteiger partial charge in [0.1, 0.15) is 46.9 Å². The van der Waals surface area contributed by atoms with Crippen molar-refractivity contribution in [2.75, 3.05) is 7.11 Å². The highest BCUT2D eigenvalue weighted by Gasteiger charge is 2.19. The summed E-state index contributed by atoms with van der Waals surface area (Å²) in [6, 6.07) is 19.3. The number of hydrogen-bond donors (Lipinski definition) is 1. The zero-order valence-electron chi connectivity index (χ0n) is 27.3. The average molecular weight is 757 g/mol. The number of H-pyrrole nitrogens is 1. The summed E-state index contributed by atoms with van der Waals surface area (Å²) in [7, 11) is 1.31. The van der Waals surface area contributed by atoms with Crippen LogP contribution in [0.15, 0.2) is 112 Å². The number of nitrogens with zero attached hydrogens (tertiary/aromatic N) is 9. The van der Waals surface area contributed by atoms with Gasteiger partial charge in [-0.05, 0) is 24.3 Å². The maximum atomic E-state index is 14.1. The molecule has 0 spiro atoms. The third kappa shape index (κ3) is 8.54. The number of halogens is 4. The Labute approximate surface area is 310 Å². The van der Waals surface area contributed by atoms with Crippen LogP contribution in [0.2, 0.25) is 0 Å². The Kier molecular flexibility index (Phi) is 12.1. The molecule has 8 rings (SSSR count). The Morgan fingerprint density at radius 3 is 1.71 bits per heavy atom. The van der Waals surface area contributed by atoms with Crippen LogP contribution < -0.4 is 10.3 Å². The van der Waals surface area contributed by atoms with E-state index in [4.69, 9.17) is 13.8 Å². The van der Waals surface area contributed by atoms with Crippen LogP contribution >= 0.6 is 0 Å². The van der Waals surface area contributed by atoms with E-state index in [1.807, 2.05) is 0 Å². The smallest absolute Gasteiger partial charge is 0.287 e. The van der Waals surface area contributed by atoms with Crippen molar-refractivity contribution in [3.8, 4) is 51.7 Å². The molecule has 1 N–H and O–H groups in total. The van der Waals surface area contributed by atoms with E-state index < -0.39 is 17.2 Å². The summed E-state index contributed by atoms with van der Waals surface area (Å²) in [6.07, 6.45) is 4.65. The highest BCUT2D eigenvalue weighted by atomic mass is 19.1. The molecule has 14 nitrogen and oxygen atoms in total. The Morgan fingerprint density at radius 2 is 1.20 bits per heavy atom. The van der Waals surface area contributed by atoms with Crippen molar-refractivity contribution in [2.45, 2.75) is 27.9 Å². The van der Waals surface area contributed by atoms with Gasteiger partial charge in [-0.3, -0.25) is 14.2 Å². The van der Waals surface area contributed by atoms with E-state index in [-0.39, 0.29) is 62.8 Å². The van der Waals surface area contributed by atoms with Crippen LogP contribution in [-0.4, -0.2) is 56.9 Å². The van der Waals surface area contributed by atoms with Gasteiger partial charge in [-0.1, -0.05) is 61.6 Å². The van der Waals surface area contributed by atoms with Crippen molar-refractivity contribution in [3.05, 3.63) is 142 Å². The number of ether oxygens (including phenoxy) is 1. The van der Waals surface area contributed by atoms with Crippen molar-refractivity contribution in [2.24, 2.45) is 0 Å². The van der Waals surface area contributed by atoms with Crippen LogP contribution in [0.3, 0.4) is 0 Å². The third-order valence-electron chi connectivity index (χ3n) is 7.65. The minimum Gasteiger partial charge on any atom is -0.479 e. The first-order chi connectivity index (χ1) is 25.8. The second-order valence-electron chi connectivity index (χ2n) is 11.1. The summed E-state index contributed by atoms with van der Waals surface area (Å²) in [5.74, 6) is -2.31. The molecule has 282 valence electrons. The van der Waals surface area contributed by atoms with Gasteiger partial charge < -0.3 is 18.8 Å². The third-order valence-corrected chi connectivity index (χ3v) is 7.65. The zero-order chi connectivity index (χ0) is 36.9. The van der Waals surface area contributed by atoms with Gasteiger partial charge in [0.2, 0.25) is 11.6 Å². The number of benzene rings is 2. The molecule has 18 heteroatoms. The monoisotopic (exact) mass is 756 g/mol. The minimum atomic E-state index is -0.990.